The molecule has 1 aromatic heterocycles. The first-order valence-electron chi connectivity index (χ1n) is 4.81. The van der Waals surface area contributed by atoms with E-state index in [4.69, 9.17) is 15.2 Å². The van der Waals surface area contributed by atoms with Crippen LogP contribution in [0, 0.1) is 5.92 Å². The number of nitrogens with two attached hydrogens (primary N) is 1. The number of anilines is 1. The van der Waals surface area contributed by atoms with Crippen molar-refractivity contribution >= 4 is 11.8 Å². The Morgan fingerprint density at radius 3 is 3.27 bits per heavy atom. The number of nitrogens with one attached hydrogen (secondary N) is 1. The molecule has 1 aliphatic heterocycles. The van der Waals surface area contributed by atoms with E-state index in [1.807, 2.05) is 0 Å². The number of nitrogen functional groups attached to an aromatic ring is 1. The molecule has 0 amide bonds. The molecule has 0 saturated carbocycles. The second-order valence-electron chi connectivity index (χ2n) is 3.53. The number of aromatic nitrogens is 2. The summed E-state index contributed by atoms with van der Waals surface area (Å²) >= 11 is 0. The van der Waals surface area contributed by atoms with Crippen LogP contribution < -0.4 is 5.73 Å². The topological polar surface area (TPSA) is 90.2 Å². The van der Waals surface area contributed by atoms with Crippen molar-refractivity contribution in [3.05, 3.63) is 11.8 Å². The molecule has 1 unspecified atom stereocenters. The molecule has 6 nitrogen and oxygen atoms in total. The first-order valence-corrected chi connectivity index (χ1v) is 4.81. The smallest absolute Gasteiger partial charge is 0.356 e. The summed E-state index contributed by atoms with van der Waals surface area (Å²) < 4.78 is 10.2. The van der Waals surface area contributed by atoms with E-state index in [0.717, 1.165) is 13.0 Å². The zero-order chi connectivity index (χ0) is 10.7. The van der Waals surface area contributed by atoms with Crippen LogP contribution in [0.1, 0.15) is 16.9 Å². The number of rotatable bonds is 3. The SMILES string of the molecule is Nc1cc(C(=O)OCC2CCOC2)[nH]n1. The van der Waals surface area contributed by atoms with Crippen molar-refractivity contribution in [2.24, 2.45) is 5.92 Å². The molecular formula is C9H13N3O3. The first kappa shape index (κ1) is 9.97. The summed E-state index contributed by atoms with van der Waals surface area (Å²) in [5.41, 5.74) is 5.65. The fraction of sp³-hybridized carbons (Fsp3) is 0.556. The molecule has 0 bridgehead atoms. The lowest BCUT2D eigenvalue weighted by Crippen LogP contribution is -2.14. The molecule has 1 saturated heterocycles. The molecule has 15 heavy (non-hydrogen) atoms. The lowest BCUT2D eigenvalue weighted by atomic mass is 10.1. The summed E-state index contributed by atoms with van der Waals surface area (Å²) in [6, 6.07) is 1.45. The normalized spacial score (nSPS) is 20.4. The van der Waals surface area contributed by atoms with Gasteiger partial charge in [-0.2, -0.15) is 5.10 Å². The predicted octanol–water partition coefficient (Wildman–Crippen LogP) is 0.185. The standard InChI is InChI=1S/C9H13N3O3/c10-8-3-7(11-12-8)9(13)15-5-6-1-2-14-4-6/h3,6H,1-2,4-5H2,(H3,10,11,12). The molecule has 2 heterocycles. The molecule has 1 aromatic rings. The van der Waals surface area contributed by atoms with Gasteiger partial charge in [0, 0.05) is 18.6 Å². The molecule has 1 atom stereocenters. The molecule has 2 rings (SSSR count). The van der Waals surface area contributed by atoms with Crippen LogP contribution >= 0.6 is 0 Å². The van der Waals surface area contributed by atoms with Crippen molar-refractivity contribution in [2.45, 2.75) is 6.42 Å². The Labute approximate surface area is 86.7 Å². The van der Waals surface area contributed by atoms with Gasteiger partial charge < -0.3 is 15.2 Å². The van der Waals surface area contributed by atoms with E-state index in [0.29, 0.717) is 19.1 Å². The fourth-order valence-electron chi connectivity index (χ4n) is 1.43. The molecule has 1 aliphatic rings. The van der Waals surface area contributed by atoms with Gasteiger partial charge in [0.25, 0.3) is 0 Å². The monoisotopic (exact) mass is 211 g/mol. The second kappa shape index (κ2) is 4.31. The molecule has 6 heteroatoms. The molecule has 0 aromatic carbocycles. The highest BCUT2D eigenvalue weighted by Crippen LogP contribution is 2.13. The van der Waals surface area contributed by atoms with Crippen molar-refractivity contribution in [3.63, 3.8) is 0 Å². The second-order valence-corrected chi connectivity index (χ2v) is 3.53. The summed E-state index contributed by atoms with van der Waals surface area (Å²) in [6.45, 7) is 1.80. The minimum atomic E-state index is -0.425. The summed E-state index contributed by atoms with van der Waals surface area (Å²) in [6.07, 6.45) is 0.943. The van der Waals surface area contributed by atoms with Crippen LogP contribution in [0.5, 0.6) is 0 Å². The minimum absolute atomic E-state index is 0.283. The van der Waals surface area contributed by atoms with E-state index < -0.39 is 5.97 Å². The number of carbonyl (C=O) groups is 1. The van der Waals surface area contributed by atoms with Gasteiger partial charge in [0.2, 0.25) is 0 Å². The van der Waals surface area contributed by atoms with Gasteiger partial charge in [0.1, 0.15) is 11.5 Å². The number of H-pyrrole nitrogens is 1. The first-order chi connectivity index (χ1) is 7.25. The van der Waals surface area contributed by atoms with E-state index in [1.54, 1.807) is 0 Å². The van der Waals surface area contributed by atoms with Crippen molar-refractivity contribution in [1.29, 1.82) is 0 Å². The van der Waals surface area contributed by atoms with E-state index >= 15 is 0 Å². The summed E-state index contributed by atoms with van der Waals surface area (Å²) in [7, 11) is 0. The van der Waals surface area contributed by atoms with Crippen molar-refractivity contribution in [2.75, 3.05) is 25.6 Å². The van der Waals surface area contributed by atoms with E-state index in [-0.39, 0.29) is 11.5 Å². The average molecular weight is 211 g/mol. The Hall–Kier alpha value is -1.56. The molecule has 0 radical (unpaired) electrons. The summed E-state index contributed by atoms with van der Waals surface area (Å²) in [5.74, 6) is 0.173. The lowest BCUT2D eigenvalue weighted by Gasteiger charge is -2.07. The fourth-order valence-corrected chi connectivity index (χ4v) is 1.43. The van der Waals surface area contributed by atoms with Crippen LogP contribution in [0.25, 0.3) is 0 Å². The van der Waals surface area contributed by atoms with Crippen LogP contribution in [0.15, 0.2) is 6.07 Å². The van der Waals surface area contributed by atoms with Gasteiger partial charge in [-0.1, -0.05) is 0 Å². The third-order valence-electron chi connectivity index (χ3n) is 2.29. The third kappa shape index (κ3) is 2.47. The van der Waals surface area contributed by atoms with Gasteiger partial charge >= 0.3 is 5.97 Å². The lowest BCUT2D eigenvalue weighted by molar-refractivity contribution is 0.0421. The highest BCUT2D eigenvalue weighted by molar-refractivity contribution is 5.87. The van der Waals surface area contributed by atoms with Gasteiger partial charge in [0.15, 0.2) is 0 Å². The number of nitrogens with zero attached hydrogens (tertiary/aromatic N) is 1. The molecule has 3 N–H and O–H groups in total. The molecule has 0 spiro atoms. The molecule has 1 fully saturated rings. The zero-order valence-electron chi connectivity index (χ0n) is 8.23. The predicted molar refractivity (Wildman–Crippen MR) is 52.2 cm³/mol. The maximum atomic E-state index is 11.4. The summed E-state index contributed by atoms with van der Waals surface area (Å²) in [5, 5.41) is 6.14. The van der Waals surface area contributed by atoms with E-state index in [2.05, 4.69) is 10.2 Å². The molecular weight excluding hydrogens is 198 g/mol. The Kier molecular flexibility index (Phi) is 2.86. The quantitative estimate of drug-likeness (QED) is 0.696. The van der Waals surface area contributed by atoms with Gasteiger partial charge in [-0.15, -0.1) is 0 Å². The third-order valence-corrected chi connectivity index (χ3v) is 2.29. The van der Waals surface area contributed by atoms with Gasteiger partial charge in [-0.05, 0) is 6.42 Å². The Morgan fingerprint density at radius 2 is 2.67 bits per heavy atom. The zero-order valence-corrected chi connectivity index (χ0v) is 8.23. The van der Waals surface area contributed by atoms with Crippen LogP contribution in [0.3, 0.4) is 0 Å². The summed E-state index contributed by atoms with van der Waals surface area (Å²) in [4.78, 5) is 11.4. The van der Waals surface area contributed by atoms with Crippen LogP contribution in [-0.4, -0.2) is 36.0 Å². The van der Waals surface area contributed by atoms with Gasteiger partial charge in [0.05, 0.1) is 13.2 Å². The number of hydrogen-bond donors (Lipinski definition) is 2. The van der Waals surface area contributed by atoms with Crippen LogP contribution in [0.2, 0.25) is 0 Å². The van der Waals surface area contributed by atoms with E-state index in [1.165, 1.54) is 6.07 Å². The maximum absolute atomic E-state index is 11.4. The highest BCUT2D eigenvalue weighted by atomic mass is 16.5. The number of carbonyl (C=O) groups excluding carboxylic acids is 1. The molecule has 0 aliphatic carbocycles. The Balaban J connectivity index is 1.81. The number of ether oxygens (including phenoxy) is 2. The van der Waals surface area contributed by atoms with Gasteiger partial charge in [-0.25, -0.2) is 4.79 Å². The Bertz CT molecular complexity index is 344. The Morgan fingerprint density at radius 1 is 1.80 bits per heavy atom. The average Bonchev–Trinajstić information content (AvgIpc) is 2.84. The highest BCUT2D eigenvalue weighted by Gasteiger charge is 2.18. The molecule has 82 valence electrons. The number of aromatic amines is 1. The maximum Gasteiger partial charge on any atom is 0.356 e. The van der Waals surface area contributed by atoms with E-state index in [9.17, 15) is 4.79 Å². The largest absolute Gasteiger partial charge is 0.461 e. The van der Waals surface area contributed by atoms with Crippen molar-refractivity contribution < 1.29 is 14.3 Å². The van der Waals surface area contributed by atoms with Gasteiger partial charge in [-0.3, -0.25) is 5.10 Å². The van der Waals surface area contributed by atoms with Crippen LogP contribution in [-0.2, 0) is 9.47 Å². The number of esters is 1. The van der Waals surface area contributed by atoms with Crippen molar-refractivity contribution in [3.8, 4) is 0 Å². The van der Waals surface area contributed by atoms with Crippen LogP contribution in [0.4, 0.5) is 5.82 Å². The number of hydrogen-bond acceptors (Lipinski definition) is 5. The minimum Gasteiger partial charge on any atom is -0.461 e. The van der Waals surface area contributed by atoms with Crippen molar-refractivity contribution in [1.82, 2.24) is 10.2 Å².